The second kappa shape index (κ2) is 8.37. The molecule has 1 heterocycles. The molecule has 26 heavy (non-hydrogen) atoms. The van der Waals surface area contributed by atoms with Crippen LogP contribution >= 0.6 is 11.8 Å². The fraction of sp³-hybridized carbons (Fsp3) is 0.273. The van der Waals surface area contributed by atoms with Gasteiger partial charge in [-0.2, -0.15) is 4.98 Å². The molecule has 1 aromatic heterocycles. The van der Waals surface area contributed by atoms with E-state index in [1.165, 1.54) is 11.1 Å². The third-order valence-electron chi connectivity index (χ3n) is 4.05. The normalized spacial score (nSPS) is 11.0. The molecule has 3 aromatic rings. The molecule has 0 saturated carbocycles. The lowest BCUT2D eigenvalue weighted by Crippen LogP contribution is -2.00. The molecule has 0 saturated heterocycles. The van der Waals surface area contributed by atoms with Gasteiger partial charge < -0.3 is 4.74 Å². The molecular weight excluding hydrogens is 340 g/mol. The van der Waals surface area contributed by atoms with Crippen LogP contribution in [0.25, 0.3) is 0 Å². The number of hydrogen-bond donors (Lipinski definition) is 0. The van der Waals surface area contributed by atoms with Crippen LogP contribution in [0.5, 0.6) is 11.6 Å². The van der Waals surface area contributed by atoms with Crippen LogP contribution in [-0.4, -0.2) is 9.97 Å². The van der Waals surface area contributed by atoms with E-state index < -0.39 is 0 Å². The van der Waals surface area contributed by atoms with Gasteiger partial charge in [0.1, 0.15) is 5.75 Å². The molecule has 2 aromatic carbocycles. The number of para-hydroxylation sites is 1. The lowest BCUT2D eigenvalue weighted by molar-refractivity contribution is 0.449. The van der Waals surface area contributed by atoms with Crippen molar-refractivity contribution in [1.82, 2.24) is 9.97 Å². The monoisotopic (exact) mass is 364 g/mol. The smallest absolute Gasteiger partial charge is 0.223 e. The van der Waals surface area contributed by atoms with Crippen molar-refractivity contribution < 1.29 is 4.74 Å². The minimum Gasteiger partial charge on any atom is -0.439 e. The van der Waals surface area contributed by atoms with Gasteiger partial charge in [-0.05, 0) is 37.0 Å². The van der Waals surface area contributed by atoms with E-state index in [1.54, 1.807) is 11.8 Å². The highest BCUT2D eigenvalue weighted by Crippen LogP contribution is 2.29. The number of aryl methyl sites for hydroxylation is 2. The molecule has 134 valence electrons. The van der Waals surface area contributed by atoms with Crippen molar-refractivity contribution >= 4 is 11.8 Å². The van der Waals surface area contributed by atoms with Gasteiger partial charge in [0, 0.05) is 11.8 Å². The maximum atomic E-state index is 6.05. The molecule has 0 amide bonds. The number of aromatic nitrogens is 2. The van der Waals surface area contributed by atoms with Crippen LogP contribution in [0.15, 0.2) is 59.8 Å². The third-order valence-corrected chi connectivity index (χ3v) is 4.97. The minimum atomic E-state index is 0.315. The number of ether oxygens (including phenoxy) is 1. The Labute approximate surface area is 159 Å². The van der Waals surface area contributed by atoms with E-state index in [0.717, 1.165) is 27.9 Å². The summed E-state index contributed by atoms with van der Waals surface area (Å²) in [5.41, 5.74) is 4.62. The average Bonchev–Trinajstić information content (AvgIpc) is 2.62. The molecule has 0 fully saturated rings. The van der Waals surface area contributed by atoms with Crippen molar-refractivity contribution in [3.8, 4) is 11.6 Å². The van der Waals surface area contributed by atoms with E-state index in [9.17, 15) is 0 Å². The van der Waals surface area contributed by atoms with E-state index in [0.29, 0.717) is 11.8 Å². The van der Waals surface area contributed by atoms with Crippen LogP contribution in [0.1, 0.15) is 42.1 Å². The predicted molar refractivity (Wildman–Crippen MR) is 108 cm³/mol. The van der Waals surface area contributed by atoms with Crippen LogP contribution in [0.4, 0.5) is 0 Å². The first-order valence-corrected chi connectivity index (χ1v) is 9.80. The molecule has 3 rings (SSSR count). The first-order chi connectivity index (χ1) is 12.5. The molecule has 0 spiro atoms. The quantitative estimate of drug-likeness (QED) is 0.380. The molecular formula is C22H24N2OS. The van der Waals surface area contributed by atoms with Crippen LogP contribution < -0.4 is 4.74 Å². The van der Waals surface area contributed by atoms with Gasteiger partial charge in [-0.15, -0.1) is 0 Å². The highest BCUT2D eigenvalue weighted by molar-refractivity contribution is 7.98. The zero-order valence-electron chi connectivity index (χ0n) is 15.7. The minimum absolute atomic E-state index is 0.315. The Hall–Kier alpha value is -2.33. The molecule has 0 bridgehead atoms. The van der Waals surface area contributed by atoms with Gasteiger partial charge in [0.2, 0.25) is 5.88 Å². The topological polar surface area (TPSA) is 35.0 Å². The molecule has 0 aliphatic heterocycles. The fourth-order valence-corrected chi connectivity index (χ4v) is 3.37. The van der Waals surface area contributed by atoms with Crippen molar-refractivity contribution in [2.24, 2.45) is 0 Å². The van der Waals surface area contributed by atoms with Crippen molar-refractivity contribution in [1.29, 1.82) is 0 Å². The number of thioether (sulfide) groups is 1. The maximum absolute atomic E-state index is 6.05. The van der Waals surface area contributed by atoms with Gasteiger partial charge in [0.15, 0.2) is 5.16 Å². The summed E-state index contributed by atoms with van der Waals surface area (Å²) < 4.78 is 6.05. The third kappa shape index (κ3) is 4.85. The zero-order chi connectivity index (χ0) is 18.5. The van der Waals surface area contributed by atoms with Crippen molar-refractivity contribution in [2.45, 2.75) is 44.5 Å². The standard InChI is InChI=1S/C22H24N2OS/c1-15(2)19-13-21(25-20-11-6-5-9-17(20)4)24-22(23-19)26-14-18-10-7-8-16(3)12-18/h5-13,15H,14H2,1-4H3. The first-order valence-electron chi connectivity index (χ1n) is 8.82. The summed E-state index contributed by atoms with van der Waals surface area (Å²) in [7, 11) is 0. The van der Waals surface area contributed by atoms with Crippen LogP contribution in [0.3, 0.4) is 0 Å². The van der Waals surface area contributed by atoms with Gasteiger partial charge in [-0.3, -0.25) is 0 Å². The Morgan fingerprint density at radius 1 is 0.962 bits per heavy atom. The number of hydrogen-bond acceptors (Lipinski definition) is 4. The van der Waals surface area contributed by atoms with Gasteiger partial charge in [-0.1, -0.05) is 73.6 Å². The van der Waals surface area contributed by atoms with Gasteiger partial charge >= 0.3 is 0 Å². The van der Waals surface area contributed by atoms with Crippen LogP contribution in [0.2, 0.25) is 0 Å². The Morgan fingerprint density at radius 2 is 1.77 bits per heavy atom. The summed E-state index contributed by atoms with van der Waals surface area (Å²) in [5, 5.41) is 0.751. The molecule has 0 unspecified atom stereocenters. The lowest BCUT2D eigenvalue weighted by atomic mass is 10.1. The second-order valence-corrected chi connectivity index (χ2v) is 7.66. The number of nitrogens with zero attached hydrogens (tertiary/aromatic N) is 2. The summed E-state index contributed by atoms with van der Waals surface area (Å²) >= 11 is 1.64. The van der Waals surface area contributed by atoms with E-state index in [1.807, 2.05) is 37.3 Å². The summed E-state index contributed by atoms with van der Waals surface area (Å²) in [6, 6.07) is 18.4. The van der Waals surface area contributed by atoms with Gasteiger partial charge in [0.25, 0.3) is 0 Å². The van der Waals surface area contributed by atoms with Crippen molar-refractivity contribution in [3.05, 3.63) is 77.0 Å². The highest BCUT2D eigenvalue weighted by atomic mass is 32.2. The molecule has 3 nitrogen and oxygen atoms in total. The number of rotatable bonds is 6. The van der Waals surface area contributed by atoms with E-state index in [-0.39, 0.29) is 0 Å². The summed E-state index contributed by atoms with van der Waals surface area (Å²) in [6.45, 7) is 8.41. The summed E-state index contributed by atoms with van der Waals surface area (Å²) in [4.78, 5) is 9.33. The molecule has 0 radical (unpaired) electrons. The maximum Gasteiger partial charge on any atom is 0.223 e. The zero-order valence-corrected chi connectivity index (χ0v) is 16.5. The predicted octanol–water partition coefficient (Wildman–Crippen LogP) is 6.30. The average molecular weight is 365 g/mol. The molecule has 0 atom stereocenters. The molecule has 4 heteroatoms. The second-order valence-electron chi connectivity index (χ2n) is 6.71. The SMILES string of the molecule is Cc1cccc(CSc2nc(Oc3ccccc3C)cc(C(C)C)n2)c1. The lowest BCUT2D eigenvalue weighted by Gasteiger charge is -2.12. The Balaban J connectivity index is 1.83. The van der Waals surface area contributed by atoms with Gasteiger partial charge in [0.05, 0.1) is 5.69 Å². The first kappa shape index (κ1) is 18.5. The van der Waals surface area contributed by atoms with Gasteiger partial charge in [-0.25, -0.2) is 4.98 Å². The Kier molecular flexibility index (Phi) is 5.94. The van der Waals surface area contributed by atoms with Crippen molar-refractivity contribution in [3.63, 3.8) is 0 Å². The highest BCUT2D eigenvalue weighted by Gasteiger charge is 2.11. The Morgan fingerprint density at radius 3 is 2.50 bits per heavy atom. The van der Waals surface area contributed by atoms with E-state index in [2.05, 4.69) is 50.0 Å². The Bertz CT molecular complexity index is 893. The van der Waals surface area contributed by atoms with E-state index >= 15 is 0 Å². The number of benzene rings is 2. The molecule has 0 aliphatic rings. The molecule has 0 N–H and O–H groups in total. The summed E-state index contributed by atoms with van der Waals surface area (Å²) in [5.74, 6) is 2.59. The van der Waals surface area contributed by atoms with Crippen LogP contribution in [0, 0.1) is 13.8 Å². The fourth-order valence-electron chi connectivity index (χ4n) is 2.57. The van der Waals surface area contributed by atoms with Crippen LogP contribution in [-0.2, 0) is 5.75 Å². The van der Waals surface area contributed by atoms with Crippen molar-refractivity contribution in [2.75, 3.05) is 0 Å². The largest absolute Gasteiger partial charge is 0.439 e. The van der Waals surface area contributed by atoms with E-state index in [4.69, 9.17) is 9.72 Å². The summed E-state index contributed by atoms with van der Waals surface area (Å²) in [6.07, 6.45) is 0. The molecule has 0 aliphatic carbocycles.